The van der Waals surface area contributed by atoms with Crippen molar-refractivity contribution in [3.05, 3.63) is 0 Å². The molecular weight excluding hydrogens is 234 g/mol. The monoisotopic (exact) mass is 259 g/mol. The molecule has 1 heterocycles. The Labute approximate surface area is 109 Å². The molecule has 5 heteroatoms. The molecule has 1 saturated heterocycles. The molecule has 0 aromatic rings. The molecule has 5 nitrogen and oxygen atoms in total. The van der Waals surface area contributed by atoms with E-state index in [1.54, 1.807) is 11.8 Å². The van der Waals surface area contributed by atoms with E-state index >= 15 is 0 Å². The molecule has 1 amide bonds. The van der Waals surface area contributed by atoms with Crippen LogP contribution in [0.5, 0.6) is 0 Å². The number of hydrogen-bond acceptors (Lipinski definition) is 4. The highest BCUT2D eigenvalue weighted by Crippen LogP contribution is 2.25. The Morgan fingerprint density at radius 2 is 2.11 bits per heavy atom. The molecule has 0 aromatic heterocycles. The Bertz CT molecular complexity index is 267. The van der Waals surface area contributed by atoms with Gasteiger partial charge in [0.05, 0.1) is 32.0 Å². The highest BCUT2D eigenvalue weighted by Gasteiger charge is 2.36. The predicted molar refractivity (Wildman–Crippen MR) is 68.5 cm³/mol. The van der Waals surface area contributed by atoms with E-state index in [2.05, 4.69) is 0 Å². The van der Waals surface area contributed by atoms with Gasteiger partial charge in [0, 0.05) is 5.54 Å². The standard InChI is InChI=1S/C13H25NO4/c1-5-17-12(16)14(13(2,3)4)10-6-7-11(8-15)18-9-10/h10-11,15H,5-9H2,1-4H3/t10-,11+/m1/s1. The van der Waals surface area contributed by atoms with Crippen molar-refractivity contribution < 1.29 is 19.4 Å². The summed E-state index contributed by atoms with van der Waals surface area (Å²) >= 11 is 0. The van der Waals surface area contributed by atoms with Gasteiger partial charge in [0.2, 0.25) is 0 Å². The third kappa shape index (κ3) is 3.85. The van der Waals surface area contributed by atoms with Crippen LogP contribution in [0.15, 0.2) is 0 Å². The van der Waals surface area contributed by atoms with Gasteiger partial charge in [0.15, 0.2) is 0 Å². The van der Waals surface area contributed by atoms with E-state index in [1.807, 2.05) is 20.8 Å². The molecule has 18 heavy (non-hydrogen) atoms. The summed E-state index contributed by atoms with van der Waals surface area (Å²) in [6.45, 7) is 8.64. The fraction of sp³-hybridized carbons (Fsp3) is 0.923. The van der Waals surface area contributed by atoms with Crippen LogP contribution in [-0.4, -0.2) is 53.6 Å². The minimum absolute atomic E-state index is 0.0202. The number of carbonyl (C=O) groups is 1. The van der Waals surface area contributed by atoms with E-state index in [1.165, 1.54) is 0 Å². The lowest BCUT2D eigenvalue weighted by atomic mass is 9.98. The highest BCUT2D eigenvalue weighted by molar-refractivity contribution is 5.69. The minimum atomic E-state index is -0.299. The molecule has 106 valence electrons. The summed E-state index contributed by atoms with van der Waals surface area (Å²) in [5, 5.41) is 9.04. The lowest BCUT2D eigenvalue weighted by Crippen LogP contribution is -2.55. The minimum Gasteiger partial charge on any atom is -0.450 e. The van der Waals surface area contributed by atoms with Crippen molar-refractivity contribution in [1.82, 2.24) is 4.90 Å². The van der Waals surface area contributed by atoms with Crippen molar-refractivity contribution in [2.24, 2.45) is 0 Å². The van der Waals surface area contributed by atoms with Gasteiger partial charge in [-0.25, -0.2) is 4.79 Å². The molecule has 2 atom stereocenters. The molecule has 1 aliphatic rings. The van der Waals surface area contributed by atoms with E-state index in [9.17, 15) is 4.79 Å². The Balaban J connectivity index is 2.70. The van der Waals surface area contributed by atoms with Gasteiger partial charge < -0.3 is 14.6 Å². The number of nitrogens with zero attached hydrogens (tertiary/aromatic N) is 1. The molecule has 0 spiro atoms. The van der Waals surface area contributed by atoms with Gasteiger partial charge in [-0.2, -0.15) is 0 Å². The van der Waals surface area contributed by atoms with E-state index < -0.39 is 0 Å². The summed E-state index contributed by atoms with van der Waals surface area (Å²) in [6, 6.07) is 0.0202. The van der Waals surface area contributed by atoms with Crippen molar-refractivity contribution >= 4 is 6.09 Å². The largest absolute Gasteiger partial charge is 0.450 e. The zero-order valence-corrected chi connectivity index (χ0v) is 11.8. The van der Waals surface area contributed by atoms with Crippen molar-refractivity contribution in [2.45, 2.75) is 58.2 Å². The summed E-state index contributed by atoms with van der Waals surface area (Å²) in [6.07, 6.45) is 1.22. The van der Waals surface area contributed by atoms with Gasteiger partial charge in [0.25, 0.3) is 0 Å². The van der Waals surface area contributed by atoms with Crippen LogP contribution in [0.3, 0.4) is 0 Å². The normalized spacial score (nSPS) is 24.7. The maximum Gasteiger partial charge on any atom is 0.410 e. The Morgan fingerprint density at radius 3 is 2.50 bits per heavy atom. The van der Waals surface area contributed by atoms with Crippen LogP contribution in [0.1, 0.15) is 40.5 Å². The van der Waals surface area contributed by atoms with Gasteiger partial charge >= 0.3 is 6.09 Å². The fourth-order valence-corrected chi connectivity index (χ4v) is 2.30. The number of aliphatic hydroxyl groups excluding tert-OH is 1. The zero-order chi connectivity index (χ0) is 13.8. The Morgan fingerprint density at radius 1 is 1.44 bits per heavy atom. The van der Waals surface area contributed by atoms with Crippen LogP contribution < -0.4 is 0 Å². The molecule has 0 unspecified atom stereocenters. The van der Waals surface area contributed by atoms with Gasteiger partial charge in [-0.05, 0) is 40.5 Å². The first-order valence-corrected chi connectivity index (χ1v) is 6.58. The molecule has 0 radical (unpaired) electrons. The Kier molecular flexibility index (Phi) is 5.41. The van der Waals surface area contributed by atoms with Crippen LogP contribution in [0.4, 0.5) is 4.79 Å². The second-order valence-corrected chi connectivity index (χ2v) is 5.61. The molecule has 1 aliphatic heterocycles. The molecular formula is C13H25NO4. The molecule has 0 bridgehead atoms. The number of aliphatic hydroxyl groups is 1. The van der Waals surface area contributed by atoms with Crippen molar-refractivity contribution in [3.8, 4) is 0 Å². The van der Waals surface area contributed by atoms with Crippen LogP contribution in [0.2, 0.25) is 0 Å². The predicted octanol–water partition coefficient (Wildman–Crippen LogP) is 1.78. The summed E-state index contributed by atoms with van der Waals surface area (Å²) < 4.78 is 10.7. The number of rotatable bonds is 3. The van der Waals surface area contributed by atoms with Crippen LogP contribution >= 0.6 is 0 Å². The van der Waals surface area contributed by atoms with Gasteiger partial charge in [-0.3, -0.25) is 4.90 Å². The van der Waals surface area contributed by atoms with E-state index in [0.717, 1.165) is 12.8 Å². The summed E-state index contributed by atoms with van der Waals surface area (Å²) in [5.41, 5.74) is -0.299. The lowest BCUT2D eigenvalue weighted by Gasteiger charge is -2.43. The summed E-state index contributed by atoms with van der Waals surface area (Å²) in [7, 11) is 0. The van der Waals surface area contributed by atoms with E-state index in [4.69, 9.17) is 14.6 Å². The average Bonchev–Trinajstić information content (AvgIpc) is 2.28. The fourth-order valence-electron chi connectivity index (χ4n) is 2.30. The zero-order valence-electron chi connectivity index (χ0n) is 11.8. The first-order chi connectivity index (χ1) is 8.40. The first-order valence-electron chi connectivity index (χ1n) is 6.58. The molecule has 0 saturated carbocycles. The maximum absolute atomic E-state index is 12.0. The lowest BCUT2D eigenvalue weighted by molar-refractivity contribution is -0.0700. The van der Waals surface area contributed by atoms with Crippen molar-refractivity contribution in [2.75, 3.05) is 19.8 Å². The topological polar surface area (TPSA) is 59.0 Å². The smallest absolute Gasteiger partial charge is 0.410 e. The summed E-state index contributed by atoms with van der Waals surface area (Å²) in [5.74, 6) is 0. The van der Waals surface area contributed by atoms with E-state index in [-0.39, 0.29) is 30.4 Å². The maximum atomic E-state index is 12.0. The van der Waals surface area contributed by atoms with Crippen LogP contribution in [0.25, 0.3) is 0 Å². The van der Waals surface area contributed by atoms with Crippen LogP contribution in [-0.2, 0) is 9.47 Å². The number of hydrogen-bond donors (Lipinski definition) is 1. The number of amides is 1. The summed E-state index contributed by atoms with van der Waals surface area (Å²) in [4.78, 5) is 13.8. The second-order valence-electron chi connectivity index (χ2n) is 5.61. The quantitative estimate of drug-likeness (QED) is 0.839. The van der Waals surface area contributed by atoms with Crippen molar-refractivity contribution in [1.29, 1.82) is 0 Å². The van der Waals surface area contributed by atoms with Gasteiger partial charge in [-0.1, -0.05) is 0 Å². The van der Waals surface area contributed by atoms with Crippen LogP contribution in [0, 0.1) is 0 Å². The molecule has 1 fully saturated rings. The number of ether oxygens (including phenoxy) is 2. The highest BCUT2D eigenvalue weighted by atomic mass is 16.6. The third-order valence-electron chi connectivity index (χ3n) is 3.10. The first kappa shape index (κ1) is 15.2. The average molecular weight is 259 g/mol. The molecule has 0 aromatic carbocycles. The molecule has 1 rings (SSSR count). The van der Waals surface area contributed by atoms with E-state index in [0.29, 0.717) is 13.2 Å². The van der Waals surface area contributed by atoms with Crippen molar-refractivity contribution in [3.63, 3.8) is 0 Å². The third-order valence-corrected chi connectivity index (χ3v) is 3.10. The second kappa shape index (κ2) is 6.38. The van der Waals surface area contributed by atoms with Gasteiger partial charge in [0.1, 0.15) is 0 Å². The van der Waals surface area contributed by atoms with Gasteiger partial charge in [-0.15, -0.1) is 0 Å². The number of carbonyl (C=O) groups excluding carboxylic acids is 1. The Hall–Kier alpha value is -0.810. The SMILES string of the molecule is CCOC(=O)N([C@@H]1CC[C@@H](CO)OC1)C(C)(C)C. The molecule has 0 aliphatic carbocycles. The molecule has 1 N–H and O–H groups in total.